The van der Waals surface area contributed by atoms with E-state index in [0.717, 1.165) is 0 Å². The van der Waals surface area contributed by atoms with Crippen molar-refractivity contribution in [3.05, 3.63) is 34.9 Å². The minimum atomic E-state index is -2.14. The normalized spacial score (nSPS) is 15.8. The third-order valence-corrected chi connectivity index (χ3v) is 3.01. The number of rotatable bonds is 5. The van der Waals surface area contributed by atoms with E-state index in [0.29, 0.717) is 5.02 Å². The number of ether oxygens (including phenoxy) is 1. The Balaban J connectivity index is 3.08. The van der Waals surface area contributed by atoms with Gasteiger partial charge in [0.25, 0.3) is 0 Å². The molecule has 0 heterocycles. The van der Waals surface area contributed by atoms with Gasteiger partial charge in [-0.25, -0.2) is 9.18 Å². The van der Waals surface area contributed by atoms with Gasteiger partial charge in [0.15, 0.2) is 0 Å². The summed E-state index contributed by atoms with van der Waals surface area (Å²) in [5, 5.41) is 10.7. The van der Waals surface area contributed by atoms with Crippen molar-refractivity contribution in [2.45, 2.75) is 32.0 Å². The SMILES string of the molecule is CCOC(=O)C(F)C(O)(CC)c1cccc(Cl)c1. The first-order valence-corrected chi connectivity index (χ1v) is 6.12. The highest BCUT2D eigenvalue weighted by Gasteiger charge is 2.43. The Morgan fingerprint density at radius 1 is 1.56 bits per heavy atom. The largest absolute Gasteiger partial charge is 0.464 e. The Labute approximate surface area is 111 Å². The van der Waals surface area contributed by atoms with E-state index in [9.17, 15) is 14.3 Å². The number of aliphatic hydroxyl groups is 1. The summed E-state index contributed by atoms with van der Waals surface area (Å²) in [6.45, 7) is 3.23. The molecule has 0 aliphatic carbocycles. The number of hydrogen-bond donors (Lipinski definition) is 1. The van der Waals surface area contributed by atoms with E-state index in [1.807, 2.05) is 0 Å². The summed E-state index contributed by atoms with van der Waals surface area (Å²) in [5.41, 5.74) is -1.66. The fourth-order valence-corrected chi connectivity index (χ4v) is 1.89. The minimum absolute atomic E-state index is 0.0350. The molecular formula is C13H16ClFO3. The minimum Gasteiger partial charge on any atom is -0.464 e. The lowest BCUT2D eigenvalue weighted by Crippen LogP contribution is -2.42. The van der Waals surface area contributed by atoms with Gasteiger partial charge in [0.05, 0.1) is 6.61 Å². The maximum atomic E-state index is 14.1. The van der Waals surface area contributed by atoms with Crippen LogP contribution in [0.2, 0.25) is 5.02 Å². The molecule has 3 nitrogen and oxygen atoms in total. The van der Waals surface area contributed by atoms with Crippen molar-refractivity contribution >= 4 is 17.6 Å². The molecule has 0 aliphatic heterocycles. The van der Waals surface area contributed by atoms with Crippen LogP contribution in [-0.2, 0) is 15.1 Å². The summed E-state index contributed by atoms with van der Waals surface area (Å²) < 4.78 is 18.7. The molecule has 5 heteroatoms. The lowest BCUT2D eigenvalue weighted by atomic mass is 9.86. The molecule has 1 rings (SSSR count). The molecule has 100 valence electrons. The first-order valence-electron chi connectivity index (χ1n) is 5.74. The average molecular weight is 275 g/mol. The zero-order valence-corrected chi connectivity index (χ0v) is 11.1. The van der Waals surface area contributed by atoms with Crippen LogP contribution in [0.15, 0.2) is 24.3 Å². The van der Waals surface area contributed by atoms with Crippen LogP contribution in [0.5, 0.6) is 0 Å². The molecule has 0 saturated carbocycles. The van der Waals surface area contributed by atoms with E-state index < -0.39 is 17.7 Å². The summed E-state index contributed by atoms with van der Waals surface area (Å²) in [6.07, 6.45) is -2.10. The zero-order chi connectivity index (χ0) is 13.8. The highest BCUT2D eigenvalue weighted by atomic mass is 35.5. The van der Waals surface area contributed by atoms with Gasteiger partial charge in [0, 0.05) is 5.02 Å². The maximum absolute atomic E-state index is 14.1. The van der Waals surface area contributed by atoms with Crippen LogP contribution >= 0.6 is 11.6 Å². The van der Waals surface area contributed by atoms with Crippen LogP contribution < -0.4 is 0 Å². The smallest absolute Gasteiger partial charge is 0.344 e. The van der Waals surface area contributed by atoms with Gasteiger partial charge in [-0.3, -0.25) is 0 Å². The van der Waals surface area contributed by atoms with Crippen LogP contribution in [-0.4, -0.2) is 23.9 Å². The molecule has 0 aromatic heterocycles. The second-order valence-electron chi connectivity index (χ2n) is 3.90. The third-order valence-electron chi connectivity index (χ3n) is 2.78. The molecular weight excluding hydrogens is 259 g/mol. The Morgan fingerprint density at radius 3 is 2.72 bits per heavy atom. The summed E-state index contributed by atoms with van der Waals surface area (Å²) in [4.78, 5) is 11.4. The Kier molecular flexibility index (Phi) is 5.11. The molecule has 0 bridgehead atoms. The molecule has 0 saturated heterocycles. The highest BCUT2D eigenvalue weighted by Crippen LogP contribution is 2.32. The molecule has 1 aromatic carbocycles. The summed E-state index contributed by atoms with van der Waals surface area (Å²) in [5.74, 6) is -1.07. The summed E-state index contributed by atoms with van der Waals surface area (Å²) in [6, 6.07) is 6.17. The van der Waals surface area contributed by atoms with E-state index in [-0.39, 0.29) is 18.6 Å². The number of hydrogen-bond acceptors (Lipinski definition) is 3. The van der Waals surface area contributed by atoms with Crippen LogP contribution in [0.25, 0.3) is 0 Å². The lowest BCUT2D eigenvalue weighted by Gasteiger charge is -2.29. The lowest BCUT2D eigenvalue weighted by molar-refractivity contribution is -0.162. The number of carbonyl (C=O) groups excluding carboxylic acids is 1. The molecule has 2 atom stereocenters. The molecule has 2 unspecified atom stereocenters. The molecule has 0 fully saturated rings. The van der Waals surface area contributed by atoms with Crippen molar-refractivity contribution in [1.82, 2.24) is 0 Å². The van der Waals surface area contributed by atoms with Crippen molar-refractivity contribution in [2.75, 3.05) is 6.61 Å². The van der Waals surface area contributed by atoms with Gasteiger partial charge in [0.2, 0.25) is 6.17 Å². The monoisotopic (exact) mass is 274 g/mol. The summed E-state index contributed by atoms with van der Waals surface area (Å²) in [7, 11) is 0. The van der Waals surface area contributed by atoms with Crippen LogP contribution in [0.4, 0.5) is 4.39 Å². The number of halogens is 2. The molecule has 0 aliphatic rings. The molecule has 1 N–H and O–H groups in total. The first kappa shape index (κ1) is 14.9. The first-order chi connectivity index (χ1) is 8.45. The molecule has 0 radical (unpaired) electrons. The second-order valence-corrected chi connectivity index (χ2v) is 4.34. The van der Waals surface area contributed by atoms with E-state index in [2.05, 4.69) is 4.74 Å². The van der Waals surface area contributed by atoms with Gasteiger partial charge in [-0.05, 0) is 31.0 Å². The van der Waals surface area contributed by atoms with E-state index in [1.54, 1.807) is 26.0 Å². The average Bonchev–Trinajstić information content (AvgIpc) is 2.37. The van der Waals surface area contributed by atoms with Crippen molar-refractivity contribution in [3.63, 3.8) is 0 Å². The fourth-order valence-electron chi connectivity index (χ4n) is 1.70. The molecule has 1 aromatic rings. The number of alkyl halides is 1. The van der Waals surface area contributed by atoms with Crippen molar-refractivity contribution in [1.29, 1.82) is 0 Å². The maximum Gasteiger partial charge on any atom is 0.344 e. The van der Waals surface area contributed by atoms with Gasteiger partial charge >= 0.3 is 5.97 Å². The predicted octanol–water partition coefficient (Wildman–Crippen LogP) is 2.84. The zero-order valence-electron chi connectivity index (χ0n) is 10.3. The van der Waals surface area contributed by atoms with Gasteiger partial charge < -0.3 is 9.84 Å². The third kappa shape index (κ3) is 3.00. The molecule has 0 spiro atoms. The molecule has 18 heavy (non-hydrogen) atoms. The van der Waals surface area contributed by atoms with Gasteiger partial charge in [-0.2, -0.15) is 0 Å². The van der Waals surface area contributed by atoms with E-state index in [1.165, 1.54) is 12.1 Å². The van der Waals surface area contributed by atoms with E-state index in [4.69, 9.17) is 11.6 Å². The van der Waals surface area contributed by atoms with Gasteiger partial charge in [0.1, 0.15) is 5.60 Å². The standard InChI is InChI=1S/C13H16ClFO3/c1-3-13(17,11(15)12(16)18-4-2)9-6-5-7-10(14)8-9/h5-8,11,17H,3-4H2,1-2H3. The van der Waals surface area contributed by atoms with Gasteiger partial charge in [-0.1, -0.05) is 30.7 Å². The van der Waals surface area contributed by atoms with E-state index >= 15 is 0 Å². The highest BCUT2D eigenvalue weighted by molar-refractivity contribution is 6.30. The van der Waals surface area contributed by atoms with Crippen molar-refractivity contribution < 1.29 is 19.0 Å². The number of benzene rings is 1. The fraction of sp³-hybridized carbons (Fsp3) is 0.462. The number of carbonyl (C=O) groups is 1. The Hall–Kier alpha value is -1.13. The summed E-state index contributed by atoms with van der Waals surface area (Å²) >= 11 is 5.80. The van der Waals surface area contributed by atoms with Crippen LogP contribution in [0.3, 0.4) is 0 Å². The van der Waals surface area contributed by atoms with Crippen LogP contribution in [0.1, 0.15) is 25.8 Å². The second kappa shape index (κ2) is 6.16. The Morgan fingerprint density at radius 2 is 2.22 bits per heavy atom. The van der Waals surface area contributed by atoms with Crippen LogP contribution in [0, 0.1) is 0 Å². The number of esters is 1. The Bertz CT molecular complexity index is 424. The topological polar surface area (TPSA) is 46.5 Å². The predicted molar refractivity (Wildman–Crippen MR) is 67.2 cm³/mol. The van der Waals surface area contributed by atoms with Crippen molar-refractivity contribution in [2.24, 2.45) is 0 Å². The molecule has 0 amide bonds. The quantitative estimate of drug-likeness (QED) is 0.840. The van der Waals surface area contributed by atoms with Crippen molar-refractivity contribution in [3.8, 4) is 0 Å². The van der Waals surface area contributed by atoms with Gasteiger partial charge in [-0.15, -0.1) is 0 Å².